The summed E-state index contributed by atoms with van der Waals surface area (Å²) < 4.78 is 7.31. The molecule has 3 aromatic rings. The molecular weight excluding hydrogens is 452 g/mol. The monoisotopic (exact) mass is 482 g/mol. The van der Waals surface area contributed by atoms with Gasteiger partial charge in [-0.2, -0.15) is 0 Å². The molecule has 5 nitrogen and oxygen atoms in total. The van der Waals surface area contributed by atoms with E-state index < -0.39 is 0 Å². The molecule has 2 saturated heterocycles. The van der Waals surface area contributed by atoms with Gasteiger partial charge in [0.15, 0.2) is 5.76 Å². The van der Waals surface area contributed by atoms with Crippen molar-refractivity contribution in [3.05, 3.63) is 53.1 Å². The van der Waals surface area contributed by atoms with Gasteiger partial charge in [-0.05, 0) is 49.1 Å². The number of carbonyl (C=O) groups is 2. The van der Waals surface area contributed by atoms with E-state index in [1.807, 2.05) is 40.1 Å². The zero-order valence-corrected chi connectivity index (χ0v) is 20.6. The molecule has 174 valence electrons. The maximum Gasteiger partial charge on any atom is 0.289 e. The first-order valence-electron chi connectivity index (χ1n) is 11.8. The third kappa shape index (κ3) is 4.85. The highest BCUT2D eigenvalue weighted by atomic mass is 32.2. The average Bonchev–Trinajstić information content (AvgIpc) is 3.50. The second-order valence-electron chi connectivity index (χ2n) is 9.20. The van der Waals surface area contributed by atoms with E-state index in [0.29, 0.717) is 30.5 Å². The predicted molar refractivity (Wildman–Crippen MR) is 134 cm³/mol. The molecule has 0 bridgehead atoms. The van der Waals surface area contributed by atoms with Crippen molar-refractivity contribution in [2.24, 2.45) is 11.8 Å². The van der Waals surface area contributed by atoms with Gasteiger partial charge in [0.25, 0.3) is 5.91 Å². The topological polar surface area (TPSA) is 53.8 Å². The van der Waals surface area contributed by atoms with Crippen LogP contribution in [0.4, 0.5) is 0 Å². The standard InChI is InChI=1S/C26H30N2O3S2/c1-18-8-12-27(13-9-18)25(29)19-10-14-28(15-11-19)26(30)24-21(17-33-23-7-4-16-32-23)20-5-2-3-6-22(20)31-24/h2-7,16,18-19H,8-15,17H2,1H3. The van der Waals surface area contributed by atoms with Crippen LogP contribution in [0.3, 0.4) is 0 Å². The molecule has 0 saturated carbocycles. The first kappa shape index (κ1) is 22.5. The van der Waals surface area contributed by atoms with Gasteiger partial charge in [0.2, 0.25) is 5.91 Å². The molecule has 2 aliphatic heterocycles. The van der Waals surface area contributed by atoms with Crippen LogP contribution in [0.5, 0.6) is 0 Å². The number of nitrogens with zero attached hydrogens (tertiary/aromatic N) is 2. The third-order valence-electron chi connectivity index (χ3n) is 6.97. The first-order valence-corrected chi connectivity index (χ1v) is 13.7. The smallest absolute Gasteiger partial charge is 0.289 e. The summed E-state index contributed by atoms with van der Waals surface area (Å²) >= 11 is 3.44. The van der Waals surface area contributed by atoms with Gasteiger partial charge in [-0.25, -0.2) is 0 Å². The molecule has 33 heavy (non-hydrogen) atoms. The molecule has 0 radical (unpaired) electrons. The summed E-state index contributed by atoms with van der Waals surface area (Å²) in [6, 6.07) is 12.0. The summed E-state index contributed by atoms with van der Waals surface area (Å²) in [5, 5.41) is 3.08. The Bertz CT molecular complexity index is 1110. The number of thiophene rings is 1. The molecule has 2 aromatic heterocycles. The maximum atomic E-state index is 13.5. The average molecular weight is 483 g/mol. The van der Waals surface area contributed by atoms with Crippen molar-refractivity contribution in [2.75, 3.05) is 26.2 Å². The van der Waals surface area contributed by atoms with Crippen molar-refractivity contribution in [3.8, 4) is 0 Å². The summed E-state index contributed by atoms with van der Waals surface area (Å²) in [5.41, 5.74) is 1.72. The number of carbonyl (C=O) groups excluding carboxylic acids is 2. The van der Waals surface area contributed by atoms with Crippen molar-refractivity contribution in [1.29, 1.82) is 0 Å². The van der Waals surface area contributed by atoms with E-state index in [1.165, 1.54) is 4.21 Å². The molecule has 2 amide bonds. The summed E-state index contributed by atoms with van der Waals surface area (Å²) in [6.45, 7) is 5.23. The fraction of sp³-hybridized carbons (Fsp3) is 0.462. The molecule has 5 rings (SSSR count). The molecule has 2 aliphatic rings. The number of hydrogen-bond donors (Lipinski definition) is 0. The fourth-order valence-electron chi connectivity index (χ4n) is 4.86. The fourth-order valence-corrected chi connectivity index (χ4v) is 6.68. The lowest BCUT2D eigenvalue weighted by Gasteiger charge is -2.36. The summed E-state index contributed by atoms with van der Waals surface area (Å²) in [7, 11) is 0. The van der Waals surface area contributed by atoms with E-state index in [-0.39, 0.29) is 17.7 Å². The lowest BCUT2D eigenvalue weighted by Crippen LogP contribution is -2.46. The number of rotatable bonds is 5. The lowest BCUT2D eigenvalue weighted by molar-refractivity contribution is -0.138. The van der Waals surface area contributed by atoms with Crippen LogP contribution < -0.4 is 0 Å². The van der Waals surface area contributed by atoms with Crippen molar-refractivity contribution >= 4 is 45.9 Å². The van der Waals surface area contributed by atoms with Crippen LogP contribution in [-0.4, -0.2) is 47.8 Å². The lowest BCUT2D eigenvalue weighted by atomic mass is 9.92. The van der Waals surface area contributed by atoms with Crippen LogP contribution in [0, 0.1) is 11.8 Å². The summed E-state index contributed by atoms with van der Waals surface area (Å²) in [6.07, 6.45) is 3.66. The number of amides is 2. The minimum Gasteiger partial charge on any atom is -0.451 e. The minimum atomic E-state index is -0.0503. The van der Waals surface area contributed by atoms with Crippen molar-refractivity contribution in [3.63, 3.8) is 0 Å². The zero-order chi connectivity index (χ0) is 22.8. The Labute approximate surface area is 203 Å². The molecule has 0 aliphatic carbocycles. The highest BCUT2D eigenvalue weighted by molar-refractivity contribution is 8.00. The molecule has 7 heteroatoms. The summed E-state index contributed by atoms with van der Waals surface area (Å²) in [5.74, 6) is 2.13. The van der Waals surface area contributed by atoms with Crippen molar-refractivity contribution in [1.82, 2.24) is 9.80 Å². The van der Waals surface area contributed by atoms with Gasteiger partial charge in [-0.15, -0.1) is 23.1 Å². The Morgan fingerprint density at radius 3 is 2.45 bits per heavy atom. The van der Waals surface area contributed by atoms with Gasteiger partial charge in [0, 0.05) is 48.8 Å². The van der Waals surface area contributed by atoms with Gasteiger partial charge in [0.05, 0.1) is 4.21 Å². The van der Waals surface area contributed by atoms with E-state index in [4.69, 9.17) is 4.42 Å². The number of furan rings is 1. The van der Waals surface area contributed by atoms with Gasteiger partial charge in [-0.1, -0.05) is 31.2 Å². The van der Waals surface area contributed by atoms with Crippen LogP contribution >= 0.6 is 23.1 Å². The minimum absolute atomic E-state index is 0.0342. The maximum absolute atomic E-state index is 13.5. The number of fused-ring (bicyclic) bond motifs is 1. The van der Waals surface area contributed by atoms with Crippen LogP contribution in [-0.2, 0) is 10.5 Å². The van der Waals surface area contributed by atoms with Crippen LogP contribution in [0.15, 0.2) is 50.4 Å². The Morgan fingerprint density at radius 2 is 1.73 bits per heavy atom. The Kier molecular flexibility index (Phi) is 6.79. The van der Waals surface area contributed by atoms with E-state index in [2.05, 4.69) is 18.4 Å². The van der Waals surface area contributed by atoms with E-state index in [1.54, 1.807) is 23.1 Å². The van der Waals surface area contributed by atoms with Gasteiger partial charge in [0.1, 0.15) is 5.58 Å². The van der Waals surface area contributed by atoms with Gasteiger partial charge >= 0.3 is 0 Å². The molecular formula is C26H30N2O3S2. The van der Waals surface area contributed by atoms with E-state index >= 15 is 0 Å². The molecule has 0 atom stereocenters. The van der Waals surface area contributed by atoms with Crippen LogP contribution in [0.25, 0.3) is 11.0 Å². The molecule has 1 aromatic carbocycles. The van der Waals surface area contributed by atoms with E-state index in [9.17, 15) is 9.59 Å². The van der Waals surface area contributed by atoms with Crippen LogP contribution in [0.2, 0.25) is 0 Å². The van der Waals surface area contributed by atoms with Crippen LogP contribution in [0.1, 0.15) is 48.7 Å². The highest BCUT2D eigenvalue weighted by Gasteiger charge is 2.33. The highest BCUT2D eigenvalue weighted by Crippen LogP contribution is 2.35. The second kappa shape index (κ2) is 9.94. The van der Waals surface area contributed by atoms with Crippen molar-refractivity contribution in [2.45, 2.75) is 42.6 Å². The Morgan fingerprint density at radius 1 is 1.00 bits per heavy atom. The molecule has 2 fully saturated rings. The second-order valence-corrected chi connectivity index (χ2v) is 11.4. The third-order valence-corrected chi connectivity index (χ3v) is 9.13. The predicted octanol–water partition coefficient (Wildman–Crippen LogP) is 5.90. The number of thioether (sulfide) groups is 1. The van der Waals surface area contributed by atoms with Crippen molar-refractivity contribution < 1.29 is 14.0 Å². The molecule has 0 spiro atoms. The largest absolute Gasteiger partial charge is 0.451 e. The molecule has 0 N–H and O–H groups in total. The SMILES string of the molecule is CC1CCN(C(=O)C2CCN(C(=O)c3oc4ccccc4c3CSc3cccs3)CC2)CC1. The molecule has 0 unspecified atom stereocenters. The van der Waals surface area contributed by atoms with Gasteiger partial charge in [-0.3, -0.25) is 9.59 Å². The molecule has 4 heterocycles. The number of likely N-dealkylation sites (tertiary alicyclic amines) is 2. The Balaban J connectivity index is 1.27. The zero-order valence-electron chi connectivity index (χ0n) is 19.0. The van der Waals surface area contributed by atoms with Gasteiger partial charge < -0.3 is 14.2 Å². The normalized spacial score (nSPS) is 18.2. The first-order chi connectivity index (χ1) is 16.1. The number of hydrogen-bond acceptors (Lipinski definition) is 5. The van der Waals surface area contributed by atoms with E-state index in [0.717, 1.165) is 55.3 Å². The number of para-hydroxylation sites is 1. The number of piperidine rings is 2. The quantitative estimate of drug-likeness (QED) is 0.425. The summed E-state index contributed by atoms with van der Waals surface area (Å²) in [4.78, 5) is 30.4. The number of benzene rings is 1. The Hall–Kier alpha value is -2.25.